The summed E-state index contributed by atoms with van der Waals surface area (Å²) in [7, 11) is 1.63. The molecular weight excluding hydrogens is 240 g/mol. The van der Waals surface area contributed by atoms with Crippen LogP contribution in [0.3, 0.4) is 0 Å². The van der Waals surface area contributed by atoms with E-state index in [0.717, 1.165) is 38.8 Å². The van der Waals surface area contributed by atoms with Crippen LogP contribution in [0.25, 0.3) is 0 Å². The Morgan fingerprint density at radius 1 is 1.11 bits per heavy atom. The summed E-state index contributed by atoms with van der Waals surface area (Å²) in [5.41, 5.74) is 1.87. The third-order valence-electron chi connectivity index (χ3n) is 3.03. The molecule has 0 heterocycles. The molecule has 0 atom stereocenters. The first-order valence-corrected chi connectivity index (χ1v) is 6.90. The second kappa shape index (κ2) is 9.53. The Morgan fingerprint density at radius 3 is 2.42 bits per heavy atom. The summed E-state index contributed by atoms with van der Waals surface area (Å²) < 4.78 is 0. The van der Waals surface area contributed by atoms with Gasteiger partial charge in [-0.1, -0.05) is 25.0 Å². The van der Waals surface area contributed by atoms with Gasteiger partial charge in [-0.3, -0.25) is 4.79 Å². The minimum Gasteiger partial charge on any atom is -0.396 e. The van der Waals surface area contributed by atoms with Gasteiger partial charge in [-0.2, -0.15) is 0 Å². The van der Waals surface area contributed by atoms with Crippen LogP contribution in [0.15, 0.2) is 24.3 Å². The first kappa shape index (κ1) is 15.7. The van der Waals surface area contributed by atoms with Crippen LogP contribution in [0.2, 0.25) is 0 Å². The monoisotopic (exact) mass is 264 g/mol. The topological polar surface area (TPSA) is 61.4 Å². The van der Waals surface area contributed by atoms with E-state index in [2.05, 4.69) is 10.6 Å². The number of aliphatic hydroxyl groups excluding tert-OH is 1. The van der Waals surface area contributed by atoms with E-state index < -0.39 is 0 Å². The number of rotatable bonds is 9. The quantitative estimate of drug-likeness (QED) is 0.595. The smallest absolute Gasteiger partial charge is 0.251 e. The van der Waals surface area contributed by atoms with Gasteiger partial charge in [-0.15, -0.1) is 0 Å². The Balaban J connectivity index is 2.18. The van der Waals surface area contributed by atoms with Gasteiger partial charge in [0.25, 0.3) is 5.91 Å². The van der Waals surface area contributed by atoms with E-state index in [1.165, 1.54) is 5.56 Å². The van der Waals surface area contributed by atoms with Crippen molar-refractivity contribution in [3.05, 3.63) is 35.4 Å². The molecule has 1 amide bonds. The molecule has 1 aromatic carbocycles. The lowest BCUT2D eigenvalue weighted by molar-refractivity contribution is 0.0963. The number of nitrogens with one attached hydrogen (secondary N) is 2. The van der Waals surface area contributed by atoms with Crippen molar-refractivity contribution in [2.75, 3.05) is 20.2 Å². The molecule has 3 N–H and O–H groups in total. The first-order valence-electron chi connectivity index (χ1n) is 6.90. The molecule has 1 rings (SSSR count). The minimum absolute atomic E-state index is 0.0524. The summed E-state index contributed by atoms with van der Waals surface area (Å²) in [6, 6.07) is 7.64. The number of carbonyl (C=O) groups excluding carboxylic acids is 1. The number of benzene rings is 1. The molecule has 1 aromatic rings. The average Bonchev–Trinajstić information content (AvgIpc) is 2.46. The molecule has 0 fully saturated rings. The van der Waals surface area contributed by atoms with Gasteiger partial charge in [0.15, 0.2) is 0 Å². The molecule has 0 saturated carbocycles. The average molecular weight is 264 g/mol. The van der Waals surface area contributed by atoms with Gasteiger partial charge in [0.1, 0.15) is 0 Å². The summed E-state index contributed by atoms with van der Waals surface area (Å²) in [4.78, 5) is 11.4. The summed E-state index contributed by atoms with van der Waals surface area (Å²) in [6.45, 7) is 2.11. The minimum atomic E-state index is -0.0524. The third kappa shape index (κ3) is 6.36. The molecular formula is C15H24N2O2. The molecule has 4 nitrogen and oxygen atoms in total. The second-order valence-corrected chi connectivity index (χ2v) is 4.59. The highest BCUT2D eigenvalue weighted by molar-refractivity contribution is 5.93. The molecule has 0 aliphatic rings. The zero-order valence-corrected chi connectivity index (χ0v) is 11.6. The van der Waals surface area contributed by atoms with Gasteiger partial charge in [-0.05, 0) is 37.1 Å². The van der Waals surface area contributed by atoms with Crippen LogP contribution in [0.1, 0.15) is 41.6 Å². The lowest BCUT2D eigenvalue weighted by atomic mass is 10.1. The highest BCUT2D eigenvalue weighted by atomic mass is 16.2. The Morgan fingerprint density at radius 2 is 1.79 bits per heavy atom. The Bertz CT molecular complexity index is 363. The molecule has 0 aliphatic carbocycles. The molecule has 0 saturated heterocycles. The number of hydrogen-bond donors (Lipinski definition) is 3. The Kier molecular flexibility index (Phi) is 7.86. The van der Waals surface area contributed by atoms with E-state index in [4.69, 9.17) is 5.11 Å². The Hall–Kier alpha value is -1.39. The van der Waals surface area contributed by atoms with Gasteiger partial charge < -0.3 is 15.7 Å². The standard InChI is InChI=1S/C15H24N2O2/c1-16-15(19)14-8-6-13(7-9-14)12-17-10-4-2-3-5-11-18/h6-9,17-18H,2-5,10-12H2,1H3,(H,16,19). The lowest BCUT2D eigenvalue weighted by Crippen LogP contribution is -2.18. The fourth-order valence-corrected chi connectivity index (χ4v) is 1.87. The van der Waals surface area contributed by atoms with Crippen LogP contribution in [0.4, 0.5) is 0 Å². The van der Waals surface area contributed by atoms with Gasteiger partial charge in [-0.25, -0.2) is 0 Å². The normalized spacial score (nSPS) is 10.4. The first-order chi connectivity index (χ1) is 9.27. The van der Waals surface area contributed by atoms with Crippen LogP contribution in [0.5, 0.6) is 0 Å². The van der Waals surface area contributed by atoms with E-state index in [1.54, 1.807) is 7.05 Å². The van der Waals surface area contributed by atoms with Crippen LogP contribution >= 0.6 is 0 Å². The van der Waals surface area contributed by atoms with Crippen molar-refractivity contribution in [1.29, 1.82) is 0 Å². The lowest BCUT2D eigenvalue weighted by Gasteiger charge is -2.06. The Labute approximate surface area is 115 Å². The zero-order chi connectivity index (χ0) is 13.9. The highest BCUT2D eigenvalue weighted by Gasteiger charge is 2.01. The van der Waals surface area contributed by atoms with Crippen molar-refractivity contribution < 1.29 is 9.90 Å². The summed E-state index contributed by atoms with van der Waals surface area (Å²) in [6.07, 6.45) is 4.29. The highest BCUT2D eigenvalue weighted by Crippen LogP contribution is 2.04. The summed E-state index contributed by atoms with van der Waals surface area (Å²) >= 11 is 0. The van der Waals surface area contributed by atoms with Crippen molar-refractivity contribution in [2.45, 2.75) is 32.2 Å². The molecule has 19 heavy (non-hydrogen) atoms. The van der Waals surface area contributed by atoms with Crippen LogP contribution in [-0.2, 0) is 6.54 Å². The SMILES string of the molecule is CNC(=O)c1ccc(CNCCCCCCO)cc1. The second-order valence-electron chi connectivity index (χ2n) is 4.59. The van der Waals surface area contributed by atoms with Crippen LogP contribution in [0, 0.1) is 0 Å². The van der Waals surface area contributed by atoms with E-state index in [-0.39, 0.29) is 5.91 Å². The van der Waals surface area contributed by atoms with E-state index >= 15 is 0 Å². The van der Waals surface area contributed by atoms with Crippen molar-refractivity contribution in [3.8, 4) is 0 Å². The fourth-order valence-electron chi connectivity index (χ4n) is 1.87. The number of hydrogen-bond acceptors (Lipinski definition) is 3. The van der Waals surface area contributed by atoms with Gasteiger partial charge in [0.05, 0.1) is 0 Å². The van der Waals surface area contributed by atoms with Crippen molar-refractivity contribution in [1.82, 2.24) is 10.6 Å². The predicted molar refractivity (Wildman–Crippen MR) is 77.1 cm³/mol. The van der Waals surface area contributed by atoms with Gasteiger partial charge in [0.2, 0.25) is 0 Å². The molecule has 0 aromatic heterocycles. The van der Waals surface area contributed by atoms with Crippen molar-refractivity contribution in [3.63, 3.8) is 0 Å². The fraction of sp³-hybridized carbons (Fsp3) is 0.533. The molecule has 106 valence electrons. The molecule has 0 spiro atoms. The maximum Gasteiger partial charge on any atom is 0.251 e. The zero-order valence-electron chi connectivity index (χ0n) is 11.6. The maximum absolute atomic E-state index is 11.4. The van der Waals surface area contributed by atoms with Gasteiger partial charge in [0, 0.05) is 25.8 Å². The summed E-state index contributed by atoms with van der Waals surface area (Å²) in [5, 5.41) is 14.6. The van der Waals surface area contributed by atoms with Crippen LogP contribution in [-0.4, -0.2) is 31.2 Å². The van der Waals surface area contributed by atoms with Crippen molar-refractivity contribution in [2.24, 2.45) is 0 Å². The predicted octanol–water partition coefficient (Wildman–Crippen LogP) is 1.69. The molecule has 0 radical (unpaired) electrons. The number of unbranched alkanes of at least 4 members (excludes halogenated alkanes) is 3. The van der Waals surface area contributed by atoms with Crippen molar-refractivity contribution >= 4 is 5.91 Å². The third-order valence-corrected chi connectivity index (χ3v) is 3.03. The van der Waals surface area contributed by atoms with E-state index in [1.807, 2.05) is 24.3 Å². The van der Waals surface area contributed by atoms with E-state index in [0.29, 0.717) is 12.2 Å². The number of carbonyl (C=O) groups is 1. The largest absolute Gasteiger partial charge is 0.396 e. The maximum atomic E-state index is 11.4. The molecule has 0 bridgehead atoms. The van der Waals surface area contributed by atoms with Crippen LogP contribution < -0.4 is 10.6 Å². The molecule has 4 heteroatoms. The summed E-state index contributed by atoms with van der Waals surface area (Å²) in [5.74, 6) is -0.0524. The number of amides is 1. The molecule has 0 unspecified atom stereocenters. The van der Waals surface area contributed by atoms with Gasteiger partial charge >= 0.3 is 0 Å². The number of aliphatic hydroxyl groups is 1. The van der Waals surface area contributed by atoms with E-state index in [9.17, 15) is 4.79 Å². The molecule has 0 aliphatic heterocycles.